The molecule has 0 heterocycles. The minimum Gasteiger partial charge on any atom is -0.469 e. The van der Waals surface area contributed by atoms with Crippen LogP contribution in [-0.4, -0.2) is 19.1 Å². The van der Waals surface area contributed by atoms with Gasteiger partial charge < -0.3 is 10.5 Å². The topological polar surface area (TPSA) is 52.3 Å². The monoisotopic (exact) mass is 221 g/mol. The van der Waals surface area contributed by atoms with E-state index in [1.165, 1.54) is 20.0 Å². The zero-order chi connectivity index (χ0) is 9.68. The number of methoxy groups -OCH3 is 1. The van der Waals surface area contributed by atoms with Gasteiger partial charge in [-0.05, 0) is 12.8 Å². The summed E-state index contributed by atoms with van der Waals surface area (Å²) in [6, 6.07) is 0.00718. The first kappa shape index (κ1) is 13.7. The van der Waals surface area contributed by atoms with Crippen LogP contribution in [0, 0.1) is 5.92 Å². The number of ether oxygens (including phenoxy) is 1. The zero-order valence-corrected chi connectivity index (χ0v) is 9.52. The van der Waals surface area contributed by atoms with E-state index in [1.807, 2.05) is 0 Å². The molecule has 3 nitrogen and oxygen atoms in total. The highest BCUT2D eigenvalue weighted by Crippen LogP contribution is 2.22. The van der Waals surface area contributed by atoms with Crippen LogP contribution in [0.1, 0.15) is 38.5 Å². The van der Waals surface area contributed by atoms with E-state index in [2.05, 4.69) is 0 Å². The van der Waals surface area contributed by atoms with Gasteiger partial charge in [0, 0.05) is 6.04 Å². The molecule has 0 spiro atoms. The van der Waals surface area contributed by atoms with E-state index in [1.54, 1.807) is 0 Å². The summed E-state index contributed by atoms with van der Waals surface area (Å²) < 4.78 is 4.74. The molecule has 2 atom stereocenters. The lowest BCUT2D eigenvalue weighted by Crippen LogP contribution is -2.36. The number of esters is 1. The van der Waals surface area contributed by atoms with Crippen LogP contribution in [0.25, 0.3) is 0 Å². The molecule has 0 radical (unpaired) electrons. The Labute approximate surface area is 91.8 Å². The van der Waals surface area contributed by atoms with Crippen molar-refractivity contribution in [2.24, 2.45) is 11.7 Å². The van der Waals surface area contributed by atoms with E-state index in [0.717, 1.165) is 25.7 Å². The molecule has 0 unspecified atom stereocenters. The average Bonchev–Trinajstić information content (AvgIpc) is 2.11. The molecule has 0 bridgehead atoms. The minimum atomic E-state index is -0.130. The first-order valence-electron chi connectivity index (χ1n) is 5.09. The summed E-state index contributed by atoms with van der Waals surface area (Å²) >= 11 is 0. The number of hydrogen-bond acceptors (Lipinski definition) is 3. The summed E-state index contributed by atoms with van der Waals surface area (Å²) in [7, 11) is 1.44. The Bertz CT molecular complexity index is 176. The molecule has 0 aromatic heterocycles. The molecule has 1 rings (SSSR count). The summed E-state index contributed by atoms with van der Waals surface area (Å²) in [5.74, 6) is -0.195. The maximum atomic E-state index is 11.3. The van der Waals surface area contributed by atoms with Crippen molar-refractivity contribution in [1.82, 2.24) is 0 Å². The first-order chi connectivity index (χ1) is 6.25. The molecule has 2 N–H and O–H groups in total. The molecule has 1 aliphatic rings. The van der Waals surface area contributed by atoms with Gasteiger partial charge in [0.2, 0.25) is 0 Å². The van der Waals surface area contributed by atoms with Crippen LogP contribution in [0.2, 0.25) is 0 Å². The zero-order valence-electron chi connectivity index (χ0n) is 8.70. The largest absolute Gasteiger partial charge is 0.469 e. The Morgan fingerprint density at radius 2 is 1.79 bits per heavy atom. The second kappa shape index (κ2) is 7.07. The Morgan fingerprint density at radius 1 is 1.21 bits per heavy atom. The number of nitrogens with two attached hydrogens (primary N) is 1. The quantitative estimate of drug-likeness (QED) is 0.688. The van der Waals surface area contributed by atoms with Gasteiger partial charge in [0.25, 0.3) is 0 Å². The highest BCUT2D eigenvalue weighted by molar-refractivity contribution is 5.85. The van der Waals surface area contributed by atoms with Gasteiger partial charge in [0.1, 0.15) is 0 Å². The Balaban J connectivity index is 0.00000169. The molecule has 0 aromatic rings. The fourth-order valence-corrected chi connectivity index (χ4v) is 1.96. The number of halogens is 1. The second-order valence-corrected chi connectivity index (χ2v) is 3.79. The van der Waals surface area contributed by atoms with Gasteiger partial charge in [0.15, 0.2) is 0 Å². The second-order valence-electron chi connectivity index (χ2n) is 3.79. The van der Waals surface area contributed by atoms with Gasteiger partial charge in [-0.1, -0.05) is 25.7 Å². The normalized spacial score (nSPS) is 28.1. The van der Waals surface area contributed by atoms with Crippen LogP contribution in [0.4, 0.5) is 0 Å². The third-order valence-electron chi connectivity index (χ3n) is 2.82. The molecule has 1 fully saturated rings. The maximum Gasteiger partial charge on any atom is 0.310 e. The molecule has 0 saturated heterocycles. The summed E-state index contributed by atoms with van der Waals surface area (Å²) in [6.45, 7) is 0. The fourth-order valence-electron chi connectivity index (χ4n) is 1.96. The molecule has 1 saturated carbocycles. The van der Waals surface area contributed by atoms with E-state index < -0.39 is 0 Å². The molecule has 0 aliphatic heterocycles. The summed E-state index contributed by atoms with van der Waals surface area (Å²) in [5, 5.41) is 0. The van der Waals surface area contributed by atoms with Gasteiger partial charge in [-0.2, -0.15) is 0 Å². The maximum absolute atomic E-state index is 11.3. The van der Waals surface area contributed by atoms with Crippen LogP contribution in [0.5, 0.6) is 0 Å². The van der Waals surface area contributed by atoms with Crippen LogP contribution in [0.3, 0.4) is 0 Å². The van der Waals surface area contributed by atoms with Crippen molar-refractivity contribution in [1.29, 1.82) is 0 Å². The van der Waals surface area contributed by atoms with Gasteiger partial charge in [-0.3, -0.25) is 4.79 Å². The molecule has 1 aliphatic carbocycles. The lowest BCUT2D eigenvalue weighted by atomic mass is 9.87. The SMILES string of the molecule is COC(=O)[C@H]1CCCCCC[C@H]1N.Cl. The van der Waals surface area contributed by atoms with Gasteiger partial charge in [0.05, 0.1) is 13.0 Å². The lowest BCUT2D eigenvalue weighted by Gasteiger charge is -2.23. The van der Waals surface area contributed by atoms with E-state index in [0.29, 0.717) is 0 Å². The molecule has 14 heavy (non-hydrogen) atoms. The summed E-state index contributed by atoms with van der Waals surface area (Å²) in [4.78, 5) is 11.3. The van der Waals surface area contributed by atoms with Gasteiger partial charge in [-0.15, -0.1) is 12.4 Å². The van der Waals surface area contributed by atoms with Crippen molar-refractivity contribution < 1.29 is 9.53 Å². The minimum absolute atomic E-state index is 0. The van der Waals surface area contributed by atoms with E-state index in [9.17, 15) is 4.79 Å². The molecule has 0 amide bonds. The van der Waals surface area contributed by atoms with Crippen molar-refractivity contribution in [2.75, 3.05) is 7.11 Å². The van der Waals surface area contributed by atoms with Crippen LogP contribution < -0.4 is 5.73 Å². The van der Waals surface area contributed by atoms with Gasteiger partial charge >= 0.3 is 5.97 Å². The van der Waals surface area contributed by atoms with Gasteiger partial charge in [-0.25, -0.2) is 0 Å². The average molecular weight is 222 g/mol. The standard InChI is InChI=1S/C10H19NO2.ClH/c1-13-10(12)8-6-4-2-3-5-7-9(8)11;/h8-9H,2-7,11H2,1H3;1H/t8-,9+;/m0./s1. The lowest BCUT2D eigenvalue weighted by molar-refractivity contribution is -0.146. The van der Waals surface area contributed by atoms with Crippen molar-refractivity contribution in [2.45, 2.75) is 44.6 Å². The van der Waals surface area contributed by atoms with Crippen LogP contribution in [-0.2, 0) is 9.53 Å². The fraction of sp³-hybridized carbons (Fsp3) is 0.900. The van der Waals surface area contributed by atoms with Crippen molar-refractivity contribution in [3.05, 3.63) is 0 Å². The predicted octanol–water partition coefficient (Wildman–Crippen LogP) is 1.88. The highest BCUT2D eigenvalue weighted by Gasteiger charge is 2.26. The van der Waals surface area contributed by atoms with E-state index in [-0.39, 0.29) is 30.3 Å². The Morgan fingerprint density at radius 3 is 2.36 bits per heavy atom. The third kappa shape index (κ3) is 3.84. The number of hydrogen-bond donors (Lipinski definition) is 1. The molecular weight excluding hydrogens is 202 g/mol. The Hall–Kier alpha value is -0.280. The van der Waals surface area contributed by atoms with Crippen LogP contribution in [0.15, 0.2) is 0 Å². The van der Waals surface area contributed by atoms with E-state index >= 15 is 0 Å². The van der Waals surface area contributed by atoms with Crippen molar-refractivity contribution in [3.8, 4) is 0 Å². The number of carbonyl (C=O) groups is 1. The van der Waals surface area contributed by atoms with Crippen molar-refractivity contribution in [3.63, 3.8) is 0 Å². The predicted molar refractivity (Wildman–Crippen MR) is 58.4 cm³/mol. The molecule has 4 heteroatoms. The third-order valence-corrected chi connectivity index (χ3v) is 2.82. The van der Waals surface area contributed by atoms with Crippen molar-refractivity contribution >= 4 is 18.4 Å². The van der Waals surface area contributed by atoms with E-state index in [4.69, 9.17) is 10.5 Å². The number of carbonyl (C=O) groups excluding carboxylic acids is 1. The summed E-state index contributed by atoms with van der Waals surface area (Å²) in [6.07, 6.45) is 6.58. The summed E-state index contributed by atoms with van der Waals surface area (Å²) in [5.41, 5.74) is 5.92. The number of rotatable bonds is 1. The molecule has 0 aromatic carbocycles. The van der Waals surface area contributed by atoms with Crippen LogP contribution >= 0.6 is 12.4 Å². The molecular formula is C10H20ClNO2. The smallest absolute Gasteiger partial charge is 0.310 e. The molecule has 84 valence electrons. The highest BCUT2D eigenvalue weighted by atomic mass is 35.5. The Kier molecular flexibility index (Phi) is 6.93. The first-order valence-corrected chi connectivity index (χ1v) is 5.09.